The van der Waals surface area contributed by atoms with Gasteiger partial charge in [-0.15, -0.1) is 0 Å². The van der Waals surface area contributed by atoms with E-state index in [1.165, 1.54) is 16.5 Å². The minimum Gasteiger partial charge on any atom is -0.444 e. The molecule has 5 heteroatoms. The Hall–Kier alpha value is -2.01. The van der Waals surface area contributed by atoms with Crippen LogP contribution in [0.5, 0.6) is 0 Å². The van der Waals surface area contributed by atoms with Gasteiger partial charge in [-0.25, -0.2) is 4.79 Å². The van der Waals surface area contributed by atoms with E-state index in [1.54, 1.807) is 0 Å². The van der Waals surface area contributed by atoms with Gasteiger partial charge in [0.05, 0.1) is 0 Å². The molecule has 0 aliphatic heterocycles. The summed E-state index contributed by atoms with van der Waals surface area (Å²) in [5, 5.41) is 7.49. The molecule has 0 aliphatic carbocycles. The number of carbonyl (C=O) groups excluding carboxylic acids is 1. The molecule has 2 aromatic rings. The van der Waals surface area contributed by atoms with Crippen LogP contribution in [0.1, 0.15) is 33.3 Å². The van der Waals surface area contributed by atoms with Gasteiger partial charge in [-0.1, -0.05) is 18.2 Å². The van der Waals surface area contributed by atoms with E-state index >= 15 is 0 Å². The number of rotatable bonds is 5. The standard InChI is InChI=1S/C18H27N3O2/c1-13(20-17(22)23-18(2,3)4)10-19-11-14-12-21(5)16-9-7-6-8-15(14)16/h6-9,12-13,19H,10-11H2,1-5H3,(H,20,22). The van der Waals surface area contributed by atoms with Crippen LogP contribution in [0.15, 0.2) is 30.5 Å². The number of aryl methyl sites for hydroxylation is 1. The normalized spacial score (nSPS) is 13.1. The Labute approximate surface area is 138 Å². The lowest BCUT2D eigenvalue weighted by molar-refractivity contribution is 0.0508. The van der Waals surface area contributed by atoms with Crippen molar-refractivity contribution < 1.29 is 9.53 Å². The van der Waals surface area contributed by atoms with E-state index in [1.807, 2.05) is 33.8 Å². The van der Waals surface area contributed by atoms with Crippen LogP contribution in [0, 0.1) is 0 Å². The van der Waals surface area contributed by atoms with Gasteiger partial charge in [0.2, 0.25) is 0 Å². The first-order valence-corrected chi connectivity index (χ1v) is 7.99. The molecule has 1 heterocycles. The van der Waals surface area contributed by atoms with Gasteiger partial charge in [0.1, 0.15) is 5.60 Å². The zero-order valence-electron chi connectivity index (χ0n) is 14.6. The molecule has 0 bridgehead atoms. The van der Waals surface area contributed by atoms with E-state index in [4.69, 9.17) is 4.74 Å². The third kappa shape index (κ3) is 4.99. The summed E-state index contributed by atoms with van der Waals surface area (Å²) in [6.07, 6.45) is 1.76. The highest BCUT2D eigenvalue weighted by atomic mass is 16.6. The molecule has 2 N–H and O–H groups in total. The number of aromatic nitrogens is 1. The van der Waals surface area contributed by atoms with Crippen molar-refractivity contribution in [1.82, 2.24) is 15.2 Å². The van der Waals surface area contributed by atoms with Crippen LogP contribution in [0.2, 0.25) is 0 Å². The molecule has 1 unspecified atom stereocenters. The van der Waals surface area contributed by atoms with Crippen molar-refractivity contribution in [3.8, 4) is 0 Å². The van der Waals surface area contributed by atoms with E-state index in [2.05, 4.69) is 46.6 Å². The fourth-order valence-corrected chi connectivity index (χ4v) is 2.55. The van der Waals surface area contributed by atoms with Crippen molar-refractivity contribution in [2.24, 2.45) is 7.05 Å². The molecule has 1 amide bonds. The fourth-order valence-electron chi connectivity index (χ4n) is 2.55. The lowest BCUT2D eigenvalue weighted by Crippen LogP contribution is -2.42. The average Bonchev–Trinajstić information content (AvgIpc) is 2.74. The largest absolute Gasteiger partial charge is 0.444 e. The highest BCUT2D eigenvalue weighted by Gasteiger charge is 2.17. The minimum absolute atomic E-state index is 0.000161. The van der Waals surface area contributed by atoms with Crippen molar-refractivity contribution in [3.05, 3.63) is 36.0 Å². The second-order valence-electron chi connectivity index (χ2n) is 6.96. The maximum Gasteiger partial charge on any atom is 0.407 e. The number of alkyl carbamates (subject to hydrolysis) is 1. The van der Waals surface area contributed by atoms with Crippen LogP contribution < -0.4 is 10.6 Å². The molecule has 0 radical (unpaired) electrons. The van der Waals surface area contributed by atoms with E-state index in [9.17, 15) is 4.79 Å². The van der Waals surface area contributed by atoms with Crippen molar-refractivity contribution in [3.63, 3.8) is 0 Å². The van der Waals surface area contributed by atoms with Gasteiger partial charge in [0.15, 0.2) is 0 Å². The summed E-state index contributed by atoms with van der Waals surface area (Å²) in [5.41, 5.74) is 2.01. The summed E-state index contributed by atoms with van der Waals surface area (Å²) in [7, 11) is 2.05. The average molecular weight is 317 g/mol. The van der Waals surface area contributed by atoms with Crippen LogP contribution in [-0.4, -0.2) is 28.8 Å². The summed E-state index contributed by atoms with van der Waals surface area (Å²) in [5.74, 6) is 0. The van der Waals surface area contributed by atoms with Gasteiger partial charge in [-0.2, -0.15) is 0 Å². The molecule has 126 valence electrons. The maximum absolute atomic E-state index is 11.7. The number of para-hydroxylation sites is 1. The topological polar surface area (TPSA) is 55.3 Å². The Morgan fingerprint density at radius 3 is 2.70 bits per heavy atom. The monoisotopic (exact) mass is 317 g/mol. The summed E-state index contributed by atoms with van der Waals surface area (Å²) in [4.78, 5) is 11.7. The number of hydrogen-bond donors (Lipinski definition) is 2. The molecular weight excluding hydrogens is 290 g/mol. The fraction of sp³-hybridized carbons (Fsp3) is 0.500. The molecule has 1 atom stereocenters. The third-order valence-electron chi connectivity index (χ3n) is 3.51. The zero-order chi connectivity index (χ0) is 17.0. The van der Waals surface area contributed by atoms with Crippen LogP contribution in [0.25, 0.3) is 10.9 Å². The van der Waals surface area contributed by atoms with Crippen molar-refractivity contribution in [1.29, 1.82) is 0 Å². The van der Waals surface area contributed by atoms with E-state index < -0.39 is 5.60 Å². The molecule has 0 fully saturated rings. The first kappa shape index (κ1) is 17.3. The van der Waals surface area contributed by atoms with Gasteiger partial charge in [-0.05, 0) is 39.3 Å². The second-order valence-corrected chi connectivity index (χ2v) is 6.96. The van der Waals surface area contributed by atoms with Crippen LogP contribution in [0.3, 0.4) is 0 Å². The predicted octanol–water partition coefficient (Wildman–Crippen LogP) is 3.18. The van der Waals surface area contributed by atoms with Crippen molar-refractivity contribution >= 4 is 17.0 Å². The lowest BCUT2D eigenvalue weighted by Gasteiger charge is -2.22. The number of ether oxygens (including phenoxy) is 1. The maximum atomic E-state index is 11.7. The van der Waals surface area contributed by atoms with E-state index in [0.29, 0.717) is 6.54 Å². The predicted molar refractivity (Wildman–Crippen MR) is 93.5 cm³/mol. The van der Waals surface area contributed by atoms with Crippen molar-refractivity contribution in [2.75, 3.05) is 6.54 Å². The molecule has 1 aromatic heterocycles. The molecule has 0 saturated heterocycles. The zero-order valence-corrected chi connectivity index (χ0v) is 14.6. The van der Waals surface area contributed by atoms with Crippen molar-refractivity contribution in [2.45, 2.75) is 45.9 Å². The minimum atomic E-state index is -0.472. The van der Waals surface area contributed by atoms with E-state index in [0.717, 1.165) is 6.54 Å². The van der Waals surface area contributed by atoms with Gasteiger partial charge < -0.3 is 19.9 Å². The molecule has 23 heavy (non-hydrogen) atoms. The summed E-state index contributed by atoms with van der Waals surface area (Å²) in [6, 6.07) is 8.35. The quantitative estimate of drug-likeness (QED) is 0.890. The second kappa shape index (κ2) is 7.04. The summed E-state index contributed by atoms with van der Waals surface area (Å²) < 4.78 is 7.39. The SMILES string of the molecule is CC(CNCc1cn(C)c2ccccc12)NC(=O)OC(C)(C)C. The number of benzene rings is 1. The summed E-state index contributed by atoms with van der Waals surface area (Å²) >= 11 is 0. The van der Waals surface area contributed by atoms with Gasteiger partial charge in [0.25, 0.3) is 0 Å². The van der Waals surface area contributed by atoms with Crippen LogP contribution in [-0.2, 0) is 18.3 Å². The Morgan fingerprint density at radius 1 is 1.30 bits per heavy atom. The molecule has 0 saturated carbocycles. The Morgan fingerprint density at radius 2 is 2.00 bits per heavy atom. The highest BCUT2D eigenvalue weighted by molar-refractivity contribution is 5.83. The molecule has 1 aromatic carbocycles. The molecule has 0 aliphatic rings. The summed E-state index contributed by atoms with van der Waals surface area (Å²) in [6.45, 7) is 8.98. The molecule has 2 rings (SSSR count). The number of nitrogens with zero attached hydrogens (tertiary/aromatic N) is 1. The Kier molecular flexibility index (Phi) is 5.31. The van der Waals surface area contributed by atoms with Gasteiger partial charge >= 0.3 is 6.09 Å². The first-order valence-electron chi connectivity index (χ1n) is 7.99. The Bertz CT molecular complexity index is 670. The highest BCUT2D eigenvalue weighted by Crippen LogP contribution is 2.19. The first-order chi connectivity index (χ1) is 10.8. The van der Waals surface area contributed by atoms with Gasteiger partial charge in [0, 0.05) is 43.3 Å². The number of hydrogen-bond acceptors (Lipinski definition) is 3. The number of amides is 1. The molecule has 0 spiro atoms. The smallest absolute Gasteiger partial charge is 0.407 e. The molecular formula is C18H27N3O2. The molecule has 5 nitrogen and oxygen atoms in total. The number of carbonyl (C=O) groups is 1. The Balaban J connectivity index is 1.83. The van der Waals surface area contributed by atoms with Gasteiger partial charge in [-0.3, -0.25) is 0 Å². The third-order valence-corrected chi connectivity index (χ3v) is 3.51. The lowest BCUT2D eigenvalue weighted by atomic mass is 10.2. The van der Waals surface area contributed by atoms with Crippen LogP contribution >= 0.6 is 0 Å². The van der Waals surface area contributed by atoms with E-state index in [-0.39, 0.29) is 12.1 Å². The number of fused-ring (bicyclic) bond motifs is 1. The van der Waals surface area contributed by atoms with Crippen LogP contribution in [0.4, 0.5) is 4.79 Å². The number of nitrogens with one attached hydrogen (secondary N) is 2.